The smallest absolute Gasteiger partial charge is 0.407 e. The van der Waals surface area contributed by atoms with Crippen molar-refractivity contribution in [3.63, 3.8) is 0 Å². The van der Waals surface area contributed by atoms with Gasteiger partial charge in [-0.25, -0.2) is 4.79 Å². The van der Waals surface area contributed by atoms with Crippen molar-refractivity contribution in [3.05, 3.63) is 0 Å². The maximum absolute atomic E-state index is 12.3. The Morgan fingerprint density at radius 1 is 0.973 bits per heavy atom. The quantitative estimate of drug-likeness (QED) is 0.185. The minimum atomic E-state index is -0.332. The Morgan fingerprint density at radius 2 is 1.70 bits per heavy atom. The summed E-state index contributed by atoms with van der Waals surface area (Å²) in [7, 11) is 0. The summed E-state index contributed by atoms with van der Waals surface area (Å²) in [5.41, 5.74) is 11.7. The van der Waals surface area contributed by atoms with E-state index in [9.17, 15) is 4.79 Å². The zero-order valence-electron chi connectivity index (χ0n) is 24.4. The number of nitrogens with two attached hydrogens (primary N) is 2. The zero-order valence-corrected chi connectivity index (χ0v) is 24.4. The van der Waals surface area contributed by atoms with E-state index < -0.39 is 0 Å². The van der Waals surface area contributed by atoms with Gasteiger partial charge in [-0.15, -0.1) is 0 Å². The minimum absolute atomic E-state index is 0.0362. The van der Waals surface area contributed by atoms with Crippen LogP contribution in [-0.2, 0) is 4.74 Å². The van der Waals surface area contributed by atoms with Crippen LogP contribution in [0.25, 0.3) is 0 Å². The molecule has 6 heteroatoms. The molecule has 0 saturated heterocycles. The van der Waals surface area contributed by atoms with Gasteiger partial charge in [-0.3, -0.25) is 4.99 Å². The summed E-state index contributed by atoms with van der Waals surface area (Å²) < 4.78 is 5.84. The summed E-state index contributed by atoms with van der Waals surface area (Å²) in [4.78, 5) is 16.2. The number of carbonyl (C=O) groups is 1. The summed E-state index contributed by atoms with van der Waals surface area (Å²) in [6.07, 6.45) is 15.6. The number of amides is 1. The molecule has 5 N–H and O–H groups in total. The Morgan fingerprint density at radius 3 is 2.43 bits per heavy atom. The first-order valence-electron chi connectivity index (χ1n) is 15.5. The minimum Gasteiger partial charge on any atom is -0.446 e. The van der Waals surface area contributed by atoms with Crippen molar-refractivity contribution in [1.82, 2.24) is 5.32 Å². The molecule has 37 heavy (non-hydrogen) atoms. The topological polar surface area (TPSA) is 103 Å². The Labute approximate surface area is 226 Å². The van der Waals surface area contributed by atoms with Crippen molar-refractivity contribution in [2.45, 2.75) is 118 Å². The Kier molecular flexibility index (Phi) is 9.05. The van der Waals surface area contributed by atoms with Crippen LogP contribution in [0.5, 0.6) is 0 Å². The van der Waals surface area contributed by atoms with Crippen LogP contribution in [0.2, 0.25) is 0 Å². The van der Waals surface area contributed by atoms with Crippen LogP contribution in [0.15, 0.2) is 4.99 Å². The molecule has 212 valence electrons. The Bertz CT molecular complexity index is 811. The fourth-order valence-corrected chi connectivity index (χ4v) is 9.89. The number of rotatable bonds is 9. The number of hydrogen-bond acceptors (Lipinski definition) is 3. The van der Waals surface area contributed by atoms with Crippen LogP contribution in [0.1, 0.15) is 112 Å². The molecule has 0 aromatic rings. The molecule has 0 spiro atoms. The Hall–Kier alpha value is -1.46. The van der Waals surface area contributed by atoms with E-state index in [1.807, 2.05) is 0 Å². The molecule has 4 fully saturated rings. The lowest BCUT2D eigenvalue weighted by Crippen LogP contribution is -2.54. The summed E-state index contributed by atoms with van der Waals surface area (Å²) >= 11 is 0. The van der Waals surface area contributed by atoms with E-state index in [0.717, 1.165) is 48.3 Å². The first-order valence-corrected chi connectivity index (χ1v) is 15.5. The molecule has 2 unspecified atom stereocenters. The second-order valence-electron chi connectivity index (χ2n) is 14.2. The van der Waals surface area contributed by atoms with E-state index in [-0.39, 0.29) is 18.2 Å². The molecule has 4 aliphatic rings. The second-order valence-corrected chi connectivity index (χ2v) is 14.2. The van der Waals surface area contributed by atoms with Crippen molar-refractivity contribution in [2.75, 3.05) is 13.1 Å². The van der Waals surface area contributed by atoms with Gasteiger partial charge in [-0.2, -0.15) is 0 Å². The van der Waals surface area contributed by atoms with Crippen LogP contribution in [0.3, 0.4) is 0 Å². The van der Waals surface area contributed by atoms with Gasteiger partial charge in [-0.05, 0) is 110 Å². The summed E-state index contributed by atoms with van der Waals surface area (Å²) in [5.74, 6) is 6.03. The van der Waals surface area contributed by atoms with E-state index in [1.54, 1.807) is 0 Å². The number of guanidine groups is 1. The molecule has 4 aliphatic carbocycles. The fraction of sp³-hybridized carbons (Fsp3) is 0.935. The standard InChI is InChI=1S/C31H56N4O2/c1-20(2)7-6-8-21(3)25-11-12-26-24-10-9-22-19-23(37-29(36)35-18-17-34-28(32)33)13-15-30(22,4)27(24)14-16-31(25,26)5/h20-27H,6-19H2,1-5H3,(H,35,36)(H4,32,33,34)/t21-,22?,23?,24+,25-,26+,27+,30+,31-/m1/s1. The van der Waals surface area contributed by atoms with Crippen LogP contribution < -0.4 is 16.8 Å². The van der Waals surface area contributed by atoms with Gasteiger partial charge < -0.3 is 21.5 Å². The third-order valence-corrected chi connectivity index (χ3v) is 11.8. The molecule has 4 rings (SSSR count). The van der Waals surface area contributed by atoms with Crippen molar-refractivity contribution in [2.24, 2.45) is 68.7 Å². The normalized spacial score (nSPS) is 39.7. The van der Waals surface area contributed by atoms with Crippen LogP contribution in [0, 0.1) is 52.3 Å². The van der Waals surface area contributed by atoms with E-state index >= 15 is 0 Å². The van der Waals surface area contributed by atoms with Gasteiger partial charge in [0.25, 0.3) is 0 Å². The van der Waals surface area contributed by atoms with E-state index in [2.05, 4.69) is 44.9 Å². The van der Waals surface area contributed by atoms with E-state index in [0.29, 0.717) is 29.8 Å². The average molecular weight is 517 g/mol. The molecule has 0 aromatic carbocycles. The maximum Gasteiger partial charge on any atom is 0.407 e. The highest BCUT2D eigenvalue weighted by atomic mass is 16.6. The number of aliphatic imine (C=N–C) groups is 1. The molecule has 0 aromatic heterocycles. The highest BCUT2D eigenvalue weighted by Crippen LogP contribution is 2.68. The molecule has 0 aliphatic heterocycles. The second kappa shape index (κ2) is 11.7. The van der Waals surface area contributed by atoms with Crippen molar-refractivity contribution in [3.8, 4) is 0 Å². The van der Waals surface area contributed by atoms with Crippen LogP contribution >= 0.6 is 0 Å². The highest BCUT2D eigenvalue weighted by Gasteiger charge is 2.60. The van der Waals surface area contributed by atoms with Crippen molar-refractivity contribution >= 4 is 12.1 Å². The first-order chi connectivity index (χ1) is 17.5. The summed E-state index contributed by atoms with van der Waals surface area (Å²) in [5, 5.41) is 2.79. The molecular formula is C31H56N4O2. The number of carbonyl (C=O) groups excluding carboxylic acids is 1. The monoisotopic (exact) mass is 516 g/mol. The van der Waals surface area contributed by atoms with E-state index in [1.165, 1.54) is 64.2 Å². The third-order valence-electron chi connectivity index (χ3n) is 11.8. The van der Waals surface area contributed by atoms with Gasteiger partial charge in [-0.1, -0.05) is 53.9 Å². The molecule has 0 heterocycles. The number of alkyl carbamates (subject to hydrolysis) is 1. The average Bonchev–Trinajstić information content (AvgIpc) is 3.19. The number of fused-ring (bicyclic) bond motifs is 5. The predicted octanol–water partition coefficient (Wildman–Crippen LogP) is 6.48. The maximum atomic E-state index is 12.3. The van der Waals surface area contributed by atoms with Gasteiger partial charge in [0.1, 0.15) is 6.10 Å². The highest BCUT2D eigenvalue weighted by molar-refractivity contribution is 5.75. The van der Waals surface area contributed by atoms with Crippen LogP contribution in [-0.4, -0.2) is 31.2 Å². The van der Waals surface area contributed by atoms with Gasteiger partial charge in [0.2, 0.25) is 0 Å². The first kappa shape index (κ1) is 28.5. The van der Waals surface area contributed by atoms with E-state index in [4.69, 9.17) is 16.2 Å². The molecule has 6 nitrogen and oxygen atoms in total. The molecule has 1 amide bonds. The predicted molar refractivity (Wildman–Crippen MR) is 152 cm³/mol. The Balaban J connectivity index is 1.32. The molecule has 0 bridgehead atoms. The van der Waals surface area contributed by atoms with Gasteiger partial charge >= 0.3 is 6.09 Å². The number of ether oxygens (including phenoxy) is 1. The lowest BCUT2D eigenvalue weighted by Gasteiger charge is -2.61. The van der Waals surface area contributed by atoms with Crippen molar-refractivity contribution < 1.29 is 9.53 Å². The van der Waals surface area contributed by atoms with Gasteiger partial charge in [0.05, 0.1) is 6.54 Å². The fourth-order valence-electron chi connectivity index (χ4n) is 9.89. The summed E-state index contributed by atoms with van der Waals surface area (Å²) in [6, 6.07) is 0. The largest absolute Gasteiger partial charge is 0.446 e. The third kappa shape index (κ3) is 6.08. The molecule has 4 saturated carbocycles. The number of nitrogens with one attached hydrogen (secondary N) is 1. The van der Waals surface area contributed by atoms with Gasteiger partial charge in [0.15, 0.2) is 5.96 Å². The molecule has 0 radical (unpaired) electrons. The zero-order chi connectivity index (χ0) is 26.8. The van der Waals surface area contributed by atoms with Crippen LogP contribution in [0.4, 0.5) is 4.79 Å². The van der Waals surface area contributed by atoms with Crippen molar-refractivity contribution in [1.29, 1.82) is 0 Å². The van der Waals surface area contributed by atoms with Gasteiger partial charge in [0, 0.05) is 6.54 Å². The number of nitrogens with zero attached hydrogens (tertiary/aromatic N) is 1. The number of hydrogen-bond donors (Lipinski definition) is 3. The molecular weight excluding hydrogens is 460 g/mol. The summed E-state index contributed by atoms with van der Waals surface area (Å²) in [6.45, 7) is 13.4. The lowest BCUT2D eigenvalue weighted by atomic mass is 9.44. The lowest BCUT2D eigenvalue weighted by molar-refractivity contribution is -0.129. The SMILES string of the molecule is CC(C)CCC[C@@H](C)[C@H]1CC[C@H]2[C@@H]3CCC4CC(OC(=O)NCCN=C(N)N)CC[C@]4(C)[C@H]3CC[C@]12C. The molecule has 9 atom stereocenters.